The highest BCUT2D eigenvalue weighted by atomic mass is 16.6. The van der Waals surface area contributed by atoms with Crippen LogP contribution in [0.3, 0.4) is 0 Å². The number of carbonyl (C=O) groups excluding carboxylic acids is 1. The molecule has 9 nitrogen and oxygen atoms in total. The summed E-state index contributed by atoms with van der Waals surface area (Å²) < 4.78 is 4.63. The van der Waals surface area contributed by atoms with Gasteiger partial charge in [-0.05, 0) is 28.5 Å². The van der Waals surface area contributed by atoms with Crippen molar-refractivity contribution in [2.75, 3.05) is 0 Å². The molecule has 1 amide bonds. The molecule has 0 fully saturated rings. The zero-order chi connectivity index (χ0) is 16.2. The van der Waals surface area contributed by atoms with Gasteiger partial charge in [-0.3, -0.25) is 14.9 Å². The average molecular weight is 311 g/mol. The molecule has 23 heavy (non-hydrogen) atoms. The van der Waals surface area contributed by atoms with Crippen molar-refractivity contribution < 1.29 is 14.3 Å². The molecule has 0 aliphatic carbocycles. The number of nitro benzene ring substituents is 1. The van der Waals surface area contributed by atoms with Gasteiger partial charge in [-0.25, -0.2) is 10.1 Å². The molecule has 0 radical (unpaired) electrons. The van der Waals surface area contributed by atoms with E-state index in [-0.39, 0.29) is 11.3 Å². The molecule has 0 spiro atoms. The molecule has 1 heterocycles. The standard InChI is InChI=1S/C14H9N5O4/c20-14(9-4-6-11(7-5-9)19(21)22)16-15-8-10-2-1-3-12-13(10)18-23-17-12/h1-8H,(H,16,20)/b15-8+. The van der Waals surface area contributed by atoms with Crippen LogP contribution in [0.5, 0.6) is 0 Å². The van der Waals surface area contributed by atoms with Gasteiger partial charge in [0.2, 0.25) is 0 Å². The Balaban J connectivity index is 1.71. The molecule has 0 atom stereocenters. The Kier molecular flexibility index (Phi) is 3.75. The van der Waals surface area contributed by atoms with Crippen LogP contribution < -0.4 is 5.43 Å². The SMILES string of the molecule is O=C(N/N=C/c1cccc2nonc12)c1ccc([N+](=O)[O-])cc1. The van der Waals surface area contributed by atoms with Gasteiger partial charge in [0.05, 0.1) is 11.1 Å². The molecule has 2 aromatic carbocycles. The second kappa shape index (κ2) is 6.02. The van der Waals surface area contributed by atoms with Crippen LogP contribution in [0.1, 0.15) is 15.9 Å². The van der Waals surface area contributed by atoms with Gasteiger partial charge in [0.1, 0.15) is 11.0 Å². The average Bonchev–Trinajstić information content (AvgIpc) is 3.04. The minimum Gasteiger partial charge on any atom is -0.267 e. The number of hydrogen-bond acceptors (Lipinski definition) is 7. The summed E-state index contributed by atoms with van der Waals surface area (Å²) in [4.78, 5) is 21.9. The third-order valence-electron chi connectivity index (χ3n) is 3.03. The van der Waals surface area contributed by atoms with Crippen molar-refractivity contribution in [3.05, 3.63) is 63.7 Å². The number of hydrogen-bond donors (Lipinski definition) is 1. The van der Waals surface area contributed by atoms with Crippen LogP contribution in [0, 0.1) is 10.1 Å². The lowest BCUT2D eigenvalue weighted by Gasteiger charge is -1.99. The highest BCUT2D eigenvalue weighted by molar-refractivity contribution is 5.98. The Labute approximate surface area is 128 Å². The first-order valence-electron chi connectivity index (χ1n) is 6.44. The van der Waals surface area contributed by atoms with E-state index in [1.807, 2.05) is 0 Å². The highest BCUT2D eigenvalue weighted by Gasteiger charge is 2.09. The topological polar surface area (TPSA) is 124 Å². The van der Waals surface area contributed by atoms with E-state index in [1.165, 1.54) is 30.5 Å². The van der Waals surface area contributed by atoms with Gasteiger partial charge in [0.15, 0.2) is 0 Å². The predicted molar refractivity (Wildman–Crippen MR) is 80.0 cm³/mol. The number of non-ortho nitro benzene ring substituents is 1. The maximum Gasteiger partial charge on any atom is 0.271 e. The van der Waals surface area contributed by atoms with E-state index < -0.39 is 10.8 Å². The first-order valence-corrected chi connectivity index (χ1v) is 6.44. The summed E-state index contributed by atoms with van der Waals surface area (Å²) in [5.74, 6) is -0.485. The van der Waals surface area contributed by atoms with Crippen LogP contribution in [0.15, 0.2) is 52.2 Å². The molecule has 1 aromatic heterocycles. The second-order valence-corrected chi connectivity index (χ2v) is 4.48. The third-order valence-corrected chi connectivity index (χ3v) is 3.03. The Hall–Kier alpha value is -3.62. The Bertz CT molecular complexity index is 901. The van der Waals surface area contributed by atoms with E-state index in [4.69, 9.17) is 0 Å². The zero-order valence-corrected chi connectivity index (χ0v) is 11.5. The molecule has 9 heteroatoms. The summed E-state index contributed by atoms with van der Waals surface area (Å²) in [7, 11) is 0. The van der Waals surface area contributed by atoms with Crippen LogP contribution in [0.25, 0.3) is 11.0 Å². The van der Waals surface area contributed by atoms with Crippen molar-refractivity contribution in [1.82, 2.24) is 15.7 Å². The van der Waals surface area contributed by atoms with Gasteiger partial charge < -0.3 is 0 Å². The quantitative estimate of drug-likeness (QED) is 0.446. The fourth-order valence-electron chi connectivity index (χ4n) is 1.89. The summed E-state index contributed by atoms with van der Waals surface area (Å²) in [6.07, 6.45) is 1.41. The van der Waals surface area contributed by atoms with Gasteiger partial charge >= 0.3 is 0 Å². The number of hydrazone groups is 1. The van der Waals surface area contributed by atoms with Gasteiger partial charge in [0, 0.05) is 23.3 Å². The van der Waals surface area contributed by atoms with E-state index in [0.29, 0.717) is 16.6 Å². The molecule has 0 aliphatic heterocycles. The summed E-state index contributed by atoms with van der Waals surface area (Å²) in [5.41, 5.74) is 4.25. The number of rotatable bonds is 4. The van der Waals surface area contributed by atoms with Crippen molar-refractivity contribution in [3.8, 4) is 0 Å². The van der Waals surface area contributed by atoms with E-state index in [2.05, 4.69) is 25.5 Å². The fraction of sp³-hybridized carbons (Fsp3) is 0. The van der Waals surface area contributed by atoms with E-state index >= 15 is 0 Å². The molecular weight excluding hydrogens is 302 g/mol. The minimum atomic E-state index is -0.535. The molecule has 3 aromatic rings. The number of benzene rings is 2. The first kappa shape index (κ1) is 14.3. The minimum absolute atomic E-state index is 0.0877. The predicted octanol–water partition coefficient (Wildman–Crippen LogP) is 1.89. The first-order chi connectivity index (χ1) is 11.1. The van der Waals surface area contributed by atoms with Crippen LogP contribution in [-0.2, 0) is 0 Å². The normalized spacial score (nSPS) is 11.0. The number of nitrogens with zero attached hydrogens (tertiary/aromatic N) is 4. The number of fused-ring (bicyclic) bond motifs is 1. The van der Waals surface area contributed by atoms with Gasteiger partial charge in [-0.15, -0.1) is 0 Å². The molecule has 0 saturated heterocycles. The number of carbonyl (C=O) groups is 1. The largest absolute Gasteiger partial charge is 0.271 e. The van der Waals surface area contributed by atoms with Gasteiger partial charge in [-0.2, -0.15) is 5.10 Å². The number of amides is 1. The fourth-order valence-corrected chi connectivity index (χ4v) is 1.89. The van der Waals surface area contributed by atoms with E-state index in [1.54, 1.807) is 18.2 Å². The molecular formula is C14H9N5O4. The van der Waals surface area contributed by atoms with Crippen LogP contribution in [0.2, 0.25) is 0 Å². The van der Waals surface area contributed by atoms with E-state index in [9.17, 15) is 14.9 Å². The maximum atomic E-state index is 11.9. The van der Waals surface area contributed by atoms with Crippen molar-refractivity contribution in [2.45, 2.75) is 0 Å². The Morgan fingerprint density at radius 1 is 1.22 bits per heavy atom. The monoisotopic (exact) mass is 311 g/mol. The van der Waals surface area contributed by atoms with Crippen molar-refractivity contribution >= 4 is 28.8 Å². The third kappa shape index (κ3) is 3.02. The Morgan fingerprint density at radius 3 is 2.74 bits per heavy atom. The molecule has 114 valence electrons. The lowest BCUT2D eigenvalue weighted by atomic mass is 10.2. The number of nitrogens with one attached hydrogen (secondary N) is 1. The molecule has 1 N–H and O–H groups in total. The lowest BCUT2D eigenvalue weighted by Crippen LogP contribution is -2.17. The maximum absolute atomic E-state index is 11.9. The van der Waals surface area contributed by atoms with Crippen molar-refractivity contribution in [3.63, 3.8) is 0 Å². The smallest absolute Gasteiger partial charge is 0.267 e. The summed E-state index contributed by atoms with van der Waals surface area (Å²) in [5, 5.41) is 21.8. The molecule has 0 bridgehead atoms. The summed E-state index contributed by atoms with van der Waals surface area (Å²) in [6.45, 7) is 0. The molecule has 3 rings (SSSR count). The molecule has 0 unspecified atom stereocenters. The van der Waals surface area contributed by atoms with Crippen LogP contribution in [0.4, 0.5) is 5.69 Å². The second-order valence-electron chi connectivity index (χ2n) is 4.48. The van der Waals surface area contributed by atoms with Gasteiger partial charge in [0.25, 0.3) is 11.6 Å². The van der Waals surface area contributed by atoms with Crippen LogP contribution >= 0.6 is 0 Å². The zero-order valence-electron chi connectivity index (χ0n) is 11.5. The van der Waals surface area contributed by atoms with E-state index in [0.717, 1.165) is 0 Å². The number of aromatic nitrogens is 2. The molecule has 0 saturated carbocycles. The number of nitro groups is 1. The van der Waals surface area contributed by atoms with Crippen molar-refractivity contribution in [2.24, 2.45) is 5.10 Å². The Morgan fingerprint density at radius 2 is 2.00 bits per heavy atom. The highest BCUT2D eigenvalue weighted by Crippen LogP contribution is 2.13. The van der Waals surface area contributed by atoms with Crippen molar-refractivity contribution in [1.29, 1.82) is 0 Å². The lowest BCUT2D eigenvalue weighted by molar-refractivity contribution is -0.384. The summed E-state index contributed by atoms with van der Waals surface area (Å²) >= 11 is 0. The summed E-state index contributed by atoms with van der Waals surface area (Å²) in [6, 6.07) is 10.4. The molecule has 0 aliphatic rings. The van der Waals surface area contributed by atoms with Crippen LogP contribution in [-0.4, -0.2) is 27.4 Å². The van der Waals surface area contributed by atoms with Gasteiger partial charge in [-0.1, -0.05) is 12.1 Å².